The Labute approximate surface area is 126 Å². The Morgan fingerprint density at radius 3 is 2.05 bits per heavy atom. The van der Waals surface area contributed by atoms with Gasteiger partial charge in [-0.05, 0) is 35.2 Å². The first-order valence-electron chi connectivity index (χ1n) is 6.68. The van der Waals surface area contributed by atoms with Gasteiger partial charge in [-0.1, -0.05) is 18.2 Å². The molecule has 2 N–H and O–H groups in total. The standard InChI is InChI=1S/C17H13NO4/c19-16(20)12-3-1-11(2-4-12)8-18-9-14-6-5-13(17(21)22)7-15(14)10-18/h1-7,9-10H,8H2,(H,19,20)(H,21,22). The molecule has 22 heavy (non-hydrogen) atoms. The highest BCUT2D eigenvalue weighted by molar-refractivity contribution is 5.94. The summed E-state index contributed by atoms with van der Waals surface area (Å²) in [5, 5.41) is 19.7. The van der Waals surface area contributed by atoms with Crippen molar-refractivity contribution in [1.29, 1.82) is 0 Å². The predicted octanol–water partition coefficient (Wildman–Crippen LogP) is 3.09. The maximum absolute atomic E-state index is 11.0. The molecule has 0 aliphatic carbocycles. The quantitative estimate of drug-likeness (QED) is 0.775. The molecule has 1 heterocycles. The van der Waals surface area contributed by atoms with E-state index in [9.17, 15) is 9.59 Å². The van der Waals surface area contributed by atoms with Crippen molar-refractivity contribution in [3.63, 3.8) is 0 Å². The smallest absolute Gasteiger partial charge is 0.335 e. The number of carboxylic acids is 2. The highest BCUT2D eigenvalue weighted by atomic mass is 16.4. The largest absolute Gasteiger partial charge is 0.478 e. The number of fused-ring (bicyclic) bond motifs is 1. The van der Waals surface area contributed by atoms with Crippen molar-refractivity contribution in [1.82, 2.24) is 4.57 Å². The molecular formula is C17H13NO4. The number of aromatic carboxylic acids is 2. The van der Waals surface area contributed by atoms with Gasteiger partial charge < -0.3 is 14.8 Å². The molecule has 0 saturated heterocycles. The van der Waals surface area contributed by atoms with Crippen LogP contribution in [0.5, 0.6) is 0 Å². The lowest BCUT2D eigenvalue weighted by atomic mass is 10.1. The molecule has 0 spiro atoms. The molecule has 0 bridgehead atoms. The maximum atomic E-state index is 11.0. The Kier molecular flexibility index (Phi) is 3.39. The number of carbonyl (C=O) groups is 2. The van der Waals surface area contributed by atoms with E-state index in [4.69, 9.17) is 10.2 Å². The molecule has 110 valence electrons. The lowest BCUT2D eigenvalue weighted by Crippen LogP contribution is -1.99. The van der Waals surface area contributed by atoms with Crippen LogP contribution in [0.15, 0.2) is 54.9 Å². The Morgan fingerprint density at radius 1 is 0.818 bits per heavy atom. The number of nitrogens with zero attached hydrogens (tertiary/aromatic N) is 1. The highest BCUT2D eigenvalue weighted by Crippen LogP contribution is 2.18. The first kappa shape index (κ1) is 13.9. The van der Waals surface area contributed by atoms with Gasteiger partial charge in [-0.15, -0.1) is 0 Å². The minimum Gasteiger partial charge on any atom is -0.478 e. The van der Waals surface area contributed by atoms with Crippen molar-refractivity contribution in [2.24, 2.45) is 0 Å². The van der Waals surface area contributed by atoms with E-state index in [1.54, 1.807) is 42.5 Å². The molecule has 0 saturated carbocycles. The minimum absolute atomic E-state index is 0.257. The molecule has 0 radical (unpaired) electrons. The van der Waals surface area contributed by atoms with Gasteiger partial charge in [0.05, 0.1) is 11.1 Å². The molecule has 5 nitrogen and oxygen atoms in total. The van der Waals surface area contributed by atoms with Gasteiger partial charge in [-0.25, -0.2) is 9.59 Å². The van der Waals surface area contributed by atoms with Crippen LogP contribution in [-0.2, 0) is 6.54 Å². The molecule has 5 heteroatoms. The predicted molar refractivity (Wildman–Crippen MR) is 81.4 cm³/mol. The second-order valence-electron chi connectivity index (χ2n) is 5.08. The zero-order valence-electron chi connectivity index (χ0n) is 11.6. The van der Waals surface area contributed by atoms with Crippen LogP contribution in [0.3, 0.4) is 0 Å². The summed E-state index contributed by atoms with van der Waals surface area (Å²) < 4.78 is 1.95. The normalized spacial score (nSPS) is 10.7. The molecule has 3 aromatic rings. The van der Waals surface area contributed by atoms with Crippen molar-refractivity contribution in [3.05, 3.63) is 71.5 Å². The zero-order chi connectivity index (χ0) is 15.7. The molecule has 3 rings (SSSR count). The van der Waals surface area contributed by atoms with Gasteiger partial charge in [0, 0.05) is 24.3 Å². The van der Waals surface area contributed by atoms with Crippen LogP contribution < -0.4 is 0 Å². The van der Waals surface area contributed by atoms with E-state index < -0.39 is 11.9 Å². The lowest BCUT2D eigenvalue weighted by molar-refractivity contribution is 0.0686. The van der Waals surface area contributed by atoms with E-state index in [0.29, 0.717) is 6.54 Å². The third-order valence-electron chi connectivity index (χ3n) is 3.51. The number of hydrogen-bond acceptors (Lipinski definition) is 2. The second-order valence-corrected chi connectivity index (χ2v) is 5.08. The number of hydrogen-bond donors (Lipinski definition) is 2. The van der Waals surface area contributed by atoms with Crippen LogP contribution in [-0.4, -0.2) is 26.7 Å². The molecule has 0 fully saturated rings. The molecule has 1 aromatic heterocycles. The van der Waals surface area contributed by atoms with Gasteiger partial charge >= 0.3 is 11.9 Å². The van der Waals surface area contributed by atoms with Crippen molar-refractivity contribution in [3.8, 4) is 0 Å². The Bertz CT molecular complexity index is 862. The van der Waals surface area contributed by atoms with Crippen molar-refractivity contribution < 1.29 is 19.8 Å². The summed E-state index contributed by atoms with van der Waals surface area (Å²) in [6.45, 7) is 0.594. The topological polar surface area (TPSA) is 79.5 Å². The van der Waals surface area contributed by atoms with E-state index in [1.165, 1.54) is 0 Å². The molecule has 0 aliphatic heterocycles. The summed E-state index contributed by atoms with van der Waals surface area (Å²) in [6, 6.07) is 11.7. The Morgan fingerprint density at radius 2 is 1.41 bits per heavy atom. The summed E-state index contributed by atoms with van der Waals surface area (Å²) in [4.78, 5) is 21.8. The fourth-order valence-electron chi connectivity index (χ4n) is 2.39. The number of benzene rings is 2. The van der Waals surface area contributed by atoms with E-state index in [1.807, 2.05) is 17.0 Å². The van der Waals surface area contributed by atoms with Crippen molar-refractivity contribution in [2.45, 2.75) is 6.54 Å². The fourth-order valence-corrected chi connectivity index (χ4v) is 2.39. The monoisotopic (exact) mass is 295 g/mol. The first-order chi connectivity index (χ1) is 10.5. The van der Waals surface area contributed by atoms with Gasteiger partial charge in [0.1, 0.15) is 0 Å². The SMILES string of the molecule is O=C(O)c1ccc(Cn2cc3ccc(C(=O)O)cc3c2)cc1. The van der Waals surface area contributed by atoms with E-state index in [-0.39, 0.29) is 11.1 Å². The van der Waals surface area contributed by atoms with E-state index in [2.05, 4.69) is 0 Å². The molecule has 0 atom stereocenters. The molecule has 0 amide bonds. The fraction of sp³-hybridized carbons (Fsp3) is 0.0588. The van der Waals surface area contributed by atoms with Crippen LogP contribution in [0, 0.1) is 0 Å². The average molecular weight is 295 g/mol. The van der Waals surface area contributed by atoms with E-state index >= 15 is 0 Å². The van der Waals surface area contributed by atoms with Crippen LogP contribution >= 0.6 is 0 Å². The minimum atomic E-state index is -0.945. The lowest BCUT2D eigenvalue weighted by Gasteiger charge is -2.03. The van der Waals surface area contributed by atoms with Crippen molar-refractivity contribution in [2.75, 3.05) is 0 Å². The molecular weight excluding hydrogens is 282 g/mol. The van der Waals surface area contributed by atoms with Gasteiger partial charge in [0.25, 0.3) is 0 Å². The summed E-state index contributed by atoms with van der Waals surface area (Å²) in [7, 11) is 0. The summed E-state index contributed by atoms with van der Waals surface area (Å²) in [6.07, 6.45) is 3.82. The molecule has 0 unspecified atom stereocenters. The maximum Gasteiger partial charge on any atom is 0.335 e. The number of aromatic nitrogens is 1. The van der Waals surface area contributed by atoms with E-state index in [0.717, 1.165) is 16.3 Å². The van der Waals surface area contributed by atoms with Crippen molar-refractivity contribution >= 4 is 22.7 Å². The van der Waals surface area contributed by atoms with Gasteiger partial charge in [-0.3, -0.25) is 0 Å². The third-order valence-corrected chi connectivity index (χ3v) is 3.51. The molecule has 0 aliphatic rings. The van der Waals surface area contributed by atoms with Crippen LogP contribution in [0.25, 0.3) is 10.8 Å². The summed E-state index contributed by atoms with van der Waals surface area (Å²) >= 11 is 0. The first-order valence-corrected chi connectivity index (χ1v) is 6.68. The number of rotatable bonds is 4. The zero-order valence-corrected chi connectivity index (χ0v) is 11.6. The van der Waals surface area contributed by atoms with Gasteiger partial charge in [0.15, 0.2) is 0 Å². The third kappa shape index (κ3) is 2.69. The second kappa shape index (κ2) is 5.37. The average Bonchev–Trinajstić information content (AvgIpc) is 2.88. The van der Waals surface area contributed by atoms with Crippen LogP contribution in [0.2, 0.25) is 0 Å². The van der Waals surface area contributed by atoms with Gasteiger partial charge in [-0.2, -0.15) is 0 Å². The molecule has 2 aromatic carbocycles. The van der Waals surface area contributed by atoms with Crippen LogP contribution in [0.1, 0.15) is 26.3 Å². The highest BCUT2D eigenvalue weighted by Gasteiger charge is 2.06. The summed E-state index contributed by atoms with van der Waals surface area (Å²) in [5.41, 5.74) is 1.49. The number of carboxylic acid groups (broad SMARTS) is 2. The Balaban J connectivity index is 1.87. The Hall–Kier alpha value is -3.08. The van der Waals surface area contributed by atoms with Crippen LogP contribution in [0.4, 0.5) is 0 Å². The van der Waals surface area contributed by atoms with Gasteiger partial charge in [0.2, 0.25) is 0 Å². The summed E-state index contributed by atoms with van der Waals surface area (Å²) in [5.74, 6) is -1.89.